The maximum Gasteiger partial charge on any atom is 0.456 e. The Morgan fingerprint density at radius 2 is 1.86 bits per heavy atom. The summed E-state index contributed by atoms with van der Waals surface area (Å²) in [5, 5.41) is 0. The molecule has 1 aromatic carbocycles. The molecule has 116 valence electrons. The first-order valence-electron chi connectivity index (χ1n) is 6.54. The summed E-state index contributed by atoms with van der Waals surface area (Å²) >= 11 is 0. The third-order valence-corrected chi connectivity index (χ3v) is 3.09. The van der Waals surface area contributed by atoms with Crippen LogP contribution in [0.4, 0.5) is 13.2 Å². The Hall–Kier alpha value is -2.50. The second-order valence-corrected chi connectivity index (χ2v) is 4.49. The predicted octanol–water partition coefficient (Wildman–Crippen LogP) is 4.06. The van der Waals surface area contributed by atoms with Crippen molar-refractivity contribution < 1.29 is 22.7 Å². The van der Waals surface area contributed by atoms with Gasteiger partial charge in [0, 0.05) is 5.69 Å². The zero-order chi connectivity index (χ0) is 16.2. The van der Waals surface area contributed by atoms with Crippen LogP contribution in [0, 0.1) is 0 Å². The van der Waals surface area contributed by atoms with Crippen LogP contribution < -0.4 is 0 Å². The van der Waals surface area contributed by atoms with E-state index in [0.29, 0.717) is 5.69 Å². The highest BCUT2D eigenvalue weighted by Crippen LogP contribution is 2.27. The summed E-state index contributed by atoms with van der Waals surface area (Å²) in [6.07, 6.45) is -3.71. The minimum Gasteiger partial charge on any atom is -0.500 e. The van der Waals surface area contributed by atoms with Crippen LogP contribution in [-0.4, -0.2) is 23.1 Å². The largest absolute Gasteiger partial charge is 0.500 e. The number of Topliss-reactive ketones (excluding diaryl/α,β-unsaturated/α-hetero) is 1. The van der Waals surface area contributed by atoms with E-state index in [-0.39, 0.29) is 13.2 Å². The molecule has 0 radical (unpaired) electrons. The first-order chi connectivity index (χ1) is 10.4. The molecule has 0 amide bonds. The van der Waals surface area contributed by atoms with E-state index in [4.69, 9.17) is 4.74 Å². The molecule has 3 nitrogen and oxygen atoms in total. The average molecular weight is 309 g/mol. The molecule has 0 aliphatic heterocycles. The van der Waals surface area contributed by atoms with Crippen molar-refractivity contribution in [2.75, 3.05) is 6.61 Å². The van der Waals surface area contributed by atoms with Crippen LogP contribution in [0.1, 0.15) is 10.5 Å². The van der Waals surface area contributed by atoms with Gasteiger partial charge in [-0.05, 0) is 17.7 Å². The Kier molecular flexibility index (Phi) is 4.70. The second kappa shape index (κ2) is 6.51. The number of rotatable bonds is 6. The lowest BCUT2D eigenvalue weighted by atomic mass is 10.1. The monoisotopic (exact) mass is 309 g/mol. The van der Waals surface area contributed by atoms with Gasteiger partial charge in [-0.3, -0.25) is 4.79 Å². The van der Waals surface area contributed by atoms with Gasteiger partial charge in [0.1, 0.15) is 6.61 Å². The van der Waals surface area contributed by atoms with Crippen molar-refractivity contribution in [3.63, 3.8) is 0 Å². The fraction of sp³-hybridized carbons (Fsp3) is 0.188. The molecule has 2 aromatic rings. The number of nitrogens with zero attached hydrogens (tertiary/aromatic N) is 1. The lowest BCUT2D eigenvalue weighted by Gasteiger charge is -2.14. The number of aromatic nitrogens is 1. The topological polar surface area (TPSA) is 31.2 Å². The van der Waals surface area contributed by atoms with Crippen LogP contribution in [0.25, 0.3) is 11.3 Å². The van der Waals surface area contributed by atoms with E-state index < -0.39 is 17.7 Å². The quantitative estimate of drug-likeness (QED) is 0.458. The van der Waals surface area contributed by atoms with E-state index >= 15 is 0 Å². The lowest BCUT2D eigenvalue weighted by molar-refractivity contribution is -0.0890. The van der Waals surface area contributed by atoms with Gasteiger partial charge in [-0.15, -0.1) is 0 Å². The number of ketones is 1. The van der Waals surface area contributed by atoms with Gasteiger partial charge in [-0.25, -0.2) is 0 Å². The number of carbonyl (C=O) groups is 1. The highest BCUT2D eigenvalue weighted by Gasteiger charge is 2.41. The van der Waals surface area contributed by atoms with Crippen molar-refractivity contribution in [3.8, 4) is 11.3 Å². The van der Waals surface area contributed by atoms with Crippen LogP contribution in [0.5, 0.6) is 0 Å². The van der Waals surface area contributed by atoms with Crippen molar-refractivity contribution in [2.45, 2.75) is 12.7 Å². The first-order valence-corrected chi connectivity index (χ1v) is 6.54. The molecule has 2 rings (SSSR count). The normalized spacial score (nSPS) is 11.2. The van der Waals surface area contributed by atoms with Gasteiger partial charge >= 0.3 is 6.18 Å². The molecule has 0 spiro atoms. The molecule has 0 atom stereocenters. The van der Waals surface area contributed by atoms with Gasteiger partial charge in [0.2, 0.25) is 0 Å². The van der Waals surface area contributed by atoms with E-state index in [2.05, 4.69) is 6.58 Å². The van der Waals surface area contributed by atoms with Crippen molar-refractivity contribution in [3.05, 3.63) is 61.0 Å². The molecule has 0 unspecified atom stereocenters. The third-order valence-electron chi connectivity index (χ3n) is 3.09. The Balaban J connectivity index is 2.44. The van der Waals surface area contributed by atoms with Gasteiger partial charge in [0.15, 0.2) is 0 Å². The molecule has 0 aliphatic carbocycles. The Bertz CT molecular complexity index is 660. The number of alkyl halides is 3. The molecule has 0 bridgehead atoms. The summed E-state index contributed by atoms with van der Waals surface area (Å²) in [5.41, 5.74) is 0.849. The molecule has 0 N–H and O–H groups in total. The summed E-state index contributed by atoms with van der Waals surface area (Å²) in [7, 11) is 0. The standard InChI is InChI=1S/C16H14F3NO2/c1-2-22-11-10-20-13(12-6-4-3-5-7-12)8-9-14(20)15(21)16(17,18)19/h2-9H,1,10-11H2. The van der Waals surface area contributed by atoms with E-state index in [1.165, 1.54) is 23.0 Å². The SMILES string of the molecule is C=COCCn1c(C(=O)C(F)(F)F)ccc1-c1ccccc1. The molecular formula is C16H14F3NO2. The zero-order valence-corrected chi connectivity index (χ0v) is 11.6. The highest BCUT2D eigenvalue weighted by atomic mass is 19.4. The summed E-state index contributed by atoms with van der Waals surface area (Å²) in [6, 6.07) is 11.6. The number of benzene rings is 1. The van der Waals surface area contributed by atoms with Gasteiger partial charge in [0.25, 0.3) is 5.78 Å². The van der Waals surface area contributed by atoms with Gasteiger partial charge in [-0.2, -0.15) is 13.2 Å². The third kappa shape index (κ3) is 3.39. The fourth-order valence-corrected chi connectivity index (χ4v) is 2.14. The maximum atomic E-state index is 12.7. The number of ether oxygens (including phenoxy) is 1. The van der Waals surface area contributed by atoms with Crippen molar-refractivity contribution >= 4 is 5.78 Å². The molecule has 0 fully saturated rings. The number of carbonyl (C=O) groups excluding carboxylic acids is 1. The van der Waals surface area contributed by atoms with Crippen LogP contribution >= 0.6 is 0 Å². The van der Waals surface area contributed by atoms with Crippen molar-refractivity contribution in [2.24, 2.45) is 0 Å². The second-order valence-electron chi connectivity index (χ2n) is 4.49. The first kappa shape index (κ1) is 15.9. The minimum atomic E-state index is -4.91. The van der Waals surface area contributed by atoms with Gasteiger partial charge in [0.05, 0.1) is 18.5 Å². The van der Waals surface area contributed by atoms with Crippen LogP contribution in [0.3, 0.4) is 0 Å². The maximum absolute atomic E-state index is 12.7. The Morgan fingerprint density at radius 1 is 1.18 bits per heavy atom. The predicted molar refractivity (Wildman–Crippen MR) is 76.4 cm³/mol. The molecule has 1 heterocycles. The van der Waals surface area contributed by atoms with Crippen molar-refractivity contribution in [1.82, 2.24) is 4.57 Å². The molecule has 6 heteroatoms. The fourth-order valence-electron chi connectivity index (χ4n) is 2.14. The minimum absolute atomic E-state index is 0.112. The summed E-state index contributed by atoms with van der Waals surface area (Å²) in [5.74, 6) is -1.87. The summed E-state index contributed by atoms with van der Waals surface area (Å²) < 4.78 is 44.4. The van der Waals surface area contributed by atoms with E-state index in [9.17, 15) is 18.0 Å². The molecule has 0 aliphatic rings. The smallest absolute Gasteiger partial charge is 0.456 e. The Morgan fingerprint density at radius 3 is 2.45 bits per heavy atom. The van der Waals surface area contributed by atoms with Crippen LogP contribution in [0.2, 0.25) is 0 Å². The summed E-state index contributed by atoms with van der Waals surface area (Å²) in [4.78, 5) is 11.6. The zero-order valence-electron chi connectivity index (χ0n) is 11.6. The van der Waals surface area contributed by atoms with E-state index in [1.807, 2.05) is 0 Å². The van der Waals surface area contributed by atoms with E-state index in [1.54, 1.807) is 30.3 Å². The number of hydrogen-bond acceptors (Lipinski definition) is 2. The van der Waals surface area contributed by atoms with Gasteiger partial charge in [-0.1, -0.05) is 36.9 Å². The van der Waals surface area contributed by atoms with Crippen molar-refractivity contribution in [1.29, 1.82) is 0 Å². The van der Waals surface area contributed by atoms with Gasteiger partial charge < -0.3 is 9.30 Å². The molecular weight excluding hydrogens is 295 g/mol. The summed E-state index contributed by atoms with van der Waals surface area (Å²) in [6.45, 7) is 3.61. The van der Waals surface area contributed by atoms with Crippen LogP contribution in [-0.2, 0) is 11.3 Å². The van der Waals surface area contributed by atoms with Crippen LogP contribution in [0.15, 0.2) is 55.3 Å². The molecule has 22 heavy (non-hydrogen) atoms. The average Bonchev–Trinajstić information content (AvgIpc) is 2.90. The Labute approximate surface area is 125 Å². The number of halogens is 3. The lowest BCUT2D eigenvalue weighted by Crippen LogP contribution is -2.26. The highest BCUT2D eigenvalue weighted by molar-refractivity contribution is 5.99. The molecule has 1 aromatic heterocycles. The number of hydrogen-bond donors (Lipinski definition) is 0. The molecule has 0 saturated carbocycles. The van der Waals surface area contributed by atoms with E-state index in [0.717, 1.165) is 5.56 Å². The molecule has 0 saturated heterocycles.